The largest absolute Gasteiger partial charge is 0.339 e. The van der Waals surface area contributed by atoms with E-state index in [2.05, 4.69) is 5.92 Å². The predicted octanol–water partition coefficient (Wildman–Crippen LogP) is 0.205. The SMILES string of the molecule is C#CCC(=O)N1CC(CN)CC1C. The van der Waals surface area contributed by atoms with Gasteiger partial charge >= 0.3 is 0 Å². The van der Waals surface area contributed by atoms with Crippen LogP contribution in [0, 0.1) is 18.3 Å². The first-order valence-corrected chi connectivity index (χ1v) is 4.62. The lowest BCUT2D eigenvalue weighted by Crippen LogP contribution is -2.33. The van der Waals surface area contributed by atoms with Crippen molar-refractivity contribution in [2.75, 3.05) is 13.1 Å². The highest BCUT2D eigenvalue weighted by Crippen LogP contribution is 2.22. The molecule has 13 heavy (non-hydrogen) atoms. The van der Waals surface area contributed by atoms with E-state index in [4.69, 9.17) is 12.2 Å². The summed E-state index contributed by atoms with van der Waals surface area (Å²) in [5.41, 5.74) is 5.55. The monoisotopic (exact) mass is 180 g/mol. The molecule has 1 heterocycles. The summed E-state index contributed by atoms with van der Waals surface area (Å²) in [7, 11) is 0. The van der Waals surface area contributed by atoms with Crippen LogP contribution in [0.5, 0.6) is 0 Å². The number of hydrogen-bond donors (Lipinski definition) is 1. The zero-order valence-corrected chi connectivity index (χ0v) is 7.99. The van der Waals surface area contributed by atoms with Gasteiger partial charge in [-0.15, -0.1) is 6.42 Å². The van der Waals surface area contributed by atoms with Gasteiger partial charge in [0.25, 0.3) is 0 Å². The van der Waals surface area contributed by atoms with Crippen molar-refractivity contribution in [2.45, 2.75) is 25.8 Å². The highest BCUT2D eigenvalue weighted by atomic mass is 16.2. The summed E-state index contributed by atoms with van der Waals surface area (Å²) in [6.45, 7) is 3.48. The first kappa shape index (κ1) is 10.1. The lowest BCUT2D eigenvalue weighted by atomic mass is 10.1. The molecule has 1 rings (SSSR count). The number of carbonyl (C=O) groups excluding carboxylic acids is 1. The van der Waals surface area contributed by atoms with Gasteiger partial charge in [-0.25, -0.2) is 0 Å². The number of likely N-dealkylation sites (tertiary alicyclic amines) is 1. The fraction of sp³-hybridized carbons (Fsp3) is 0.700. The molecule has 1 amide bonds. The first-order chi connectivity index (χ1) is 6.19. The highest BCUT2D eigenvalue weighted by molar-refractivity contribution is 5.79. The smallest absolute Gasteiger partial charge is 0.234 e. The fourth-order valence-electron chi connectivity index (χ4n) is 1.85. The Hall–Kier alpha value is -1.01. The lowest BCUT2D eigenvalue weighted by molar-refractivity contribution is -0.130. The third kappa shape index (κ3) is 2.22. The van der Waals surface area contributed by atoms with Gasteiger partial charge in [-0.2, -0.15) is 0 Å². The Morgan fingerprint density at radius 3 is 2.92 bits per heavy atom. The number of hydrogen-bond acceptors (Lipinski definition) is 2. The molecule has 0 spiro atoms. The molecular weight excluding hydrogens is 164 g/mol. The van der Waals surface area contributed by atoms with Crippen LogP contribution in [0.25, 0.3) is 0 Å². The van der Waals surface area contributed by atoms with Crippen LogP contribution in [0.3, 0.4) is 0 Å². The Morgan fingerprint density at radius 1 is 1.77 bits per heavy atom. The van der Waals surface area contributed by atoms with Gasteiger partial charge in [0.05, 0.1) is 6.42 Å². The average molecular weight is 180 g/mol. The summed E-state index contributed by atoms with van der Waals surface area (Å²) < 4.78 is 0. The van der Waals surface area contributed by atoms with Crippen LogP contribution in [0.2, 0.25) is 0 Å². The van der Waals surface area contributed by atoms with Crippen LogP contribution in [0.4, 0.5) is 0 Å². The normalized spacial score (nSPS) is 27.3. The Balaban J connectivity index is 2.52. The van der Waals surface area contributed by atoms with Gasteiger partial charge in [0.2, 0.25) is 5.91 Å². The molecule has 1 fully saturated rings. The molecule has 2 atom stereocenters. The standard InChI is InChI=1S/C10H16N2O/c1-3-4-10(13)12-7-9(6-11)5-8(12)2/h1,8-9H,4-7,11H2,2H3. The third-order valence-electron chi connectivity index (χ3n) is 2.57. The average Bonchev–Trinajstić information content (AvgIpc) is 2.47. The van der Waals surface area contributed by atoms with E-state index in [0.29, 0.717) is 18.5 Å². The van der Waals surface area contributed by atoms with Crippen molar-refractivity contribution in [2.24, 2.45) is 11.7 Å². The Labute approximate surface area is 79.3 Å². The molecule has 0 aliphatic carbocycles. The van der Waals surface area contributed by atoms with Crippen molar-refractivity contribution in [3.8, 4) is 12.3 Å². The second-order valence-corrected chi connectivity index (χ2v) is 3.61. The van der Waals surface area contributed by atoms with Gasteiger partial charge in [0.15, 0.2) is 0 Å². The molecule has 3 nitrogen and oxygen atoms in total. The molecule has 0 aromatic rings. The topological polar surface area (TPSA) is 46.3 Å². The maximum absolute atomic E-state index is 11.5. The van der Waals surface area contributed by atoms with Crippen molar-refractivity contribution < 1.29 is 4.79 Å². The Bertz CT molecular complexity index is 232. The second kappa shape index (κ2) is 4.29. The van der Waals surface area contributed by atoms with Crippen molar-refractivity contribution in [3.05, 3.63) is 0 Å². The number of nitrogens with zero attached hydrogens (tertiary/aromatic N) is 1. The summed E-state index contributed by atoms with van der Waals surface area (Å²) in [6.07, 6.45) is 6.30. The highest BCUT2D eigenvalue weighted by Gasteiger charge is 2.30. The number of carbonyl (C=O) groups is 1. The molecule has 3 heteroatoms. The zero-order valence-electron chi connectivity index (χ0n) is 7.99. The number of terminal acetylenes is 1. The maximum Gasteiger partial charge on any atom is 0.234 e. The predicted molar refractivity (Wildman–Crippen MR) is 51.8 cm³/mol. The van der Waals surface area contributed by atoms with Crippen molar-refractivity contribution >= 4 is 5.91 Å². The van der Waals surface area contributed by atoms with Crippen LogP contribution in [0.1, 0.15) is 19.8 Å². The van der Waals surface area contributed by atoms with Crippen LogP contribution >= 0.6 is 0 Å². The summed E-state index contributed by atoms with van der Waals surface area (Å²) in [6, 6.07) is 0.300. The maximum atomic E-state index is 11.5. The summed E-state index contributed by atoms with van der Waals surface area (Å²) >= 11 is 0. The third-order valence-corrected chi connectivity index (χ3v) is 2.57. The molecule has 0 bridgehead atoms. The van der Waals surface area contributed by atoms with Crippen molar-refractivity contribution in [1.29, 1.82) is 0 Å². The molecule has 1 aliphatic rings. The van der Waals surface area contributed by atoms with E-state index in [1.807, 2.05) is 11.8 Å². The van der Waals surface area contributed by atoms with Crippen LogP contribution in [-0.2, 0) is 4.79 Å². The van der Waals surface area contributed by atoms with Gasteiger partial charge in [-0.05, 0) is 25.8 Å². The molecule has 1 aliphatic heterocycles. The number of rotatable bonds is 2. The molecule has 0 aromatic carbocycles. The van der Waals surface area contributed by atoms with Crippen LogP contribution in [0.15, 0.2) is 0 Å². The minimum Gasteiger partial charge on any atom is -0.339 e. The Morgan fingerprint density at radius 2 is 2.46 bits per heavy atom. The van der Waals surface area contributed by atoms with Crippen LogP contribution in [-0.4, -0.2) is 29.9 Å². The van der Waals surface area contributed by atoms with Gasteiger partial charge < -0.3 is 10.6 Å². The fourth-order valence-corrected chi connectivity index (χ4v) is 1.85. The van der Waals surface area contributed by atoms with Gasteiger partial charge in [0, 0.05) is 12.6 Å². The molecule has 1 saturated heterocycles. The van der Waals surface area contributed by atoms with Crippen LogP contribution < -0.4 is 5.73 Å². The molecule has 2 unspecified atom stereocenters. The summed E-state index contributed by atoms with van der Waals surface area (Å²) in [5, 5.41) is 0. The Kier molecular flexibility index (Phi) is 3.32. The minimum absolute atomic E-state index is 0.0611. The molecule has 0 aromatic heterocycles. The summed E-state index contributed by atoms with van der Waals surface area (Å²) in [5.74, 6) is 2.89. The van der Waals surface area contributed by atoms with Gasteiger partial charge in [0.1, 0.15) is 0 Å². The number of nitrogens with two attached hydrogens (primary N) is 1. The van der Waals surface area contributed by atoms with Gasteiger partial charge in [-0.3, -0.25) is 4.79 Å². The number of amides is 1. The van der Waals surface area contributed by atoms with Crippen molar-refractivity contribution in [3.63, 3.8) is 0 Å². The van der Waals surface area contributed by atoms with E-state index in [-0.39, 0.29) is 12.3 Å². The lowest BCUT2D eigenvalue weighted by Gasteiger charge is -2.20. The second-order valence-electron chi connectivity index (χ2n) is 3.61. The summed E-state index contributed by atoms with van der Waals surface area (Å²) in [4.78, 5) is 13.3. The van der Waals surface area contributed by atoms with Gasteiger partial charge in [-0.1, -0.05) is 5.92 Å². The first-order valence-electron chi connectivity index (χ1n) is 4.62. The molecule has 0 saturated carbocycles. The molecular formula is C10H16N2O. The zero-order chi connectivity index (χ0) is 9.84. The van der Waals surface area contributed by atoms with E-state index in [1.54, 1.807) is 0 Å². The van der Waals surface area contributed by atoms with E-state index in [0.717, 1.165) is 13.0 Å². The van der Waals surface area contributed by atoms with E-state index < -0.39 is 0 Å². The molecule has 0 radical (unpaired) electrons. The van der Waals surface area contributed by atoms with E-state index in [9.17, 15) is 4.79 Å². The van der Waals surface area contributed by atoms with E-state index >= 15 is 0 Å². The molecule has 72 valence electrons. The van der Waals surface area contributed by atoms with Crippen molar-refractivity contribution in [1.82, 2.24) is 4.90 Å². The minimum atomic E-state index is 0.0611. The van der Waals surface area contributed by atoms with E-state index in [1.165, 1.54) is 0 Å². The molecule has 2 N–H and O–H groups in total. The quantitative estimate of drug-likeness (QED) is 0.617.